The minimum Gasteiger partial charge on any atom is -0.481 e. The van der Waals surface area contributed by atoms with Gasteiger partial charge in [0.1, 0.15) is 10.8 Å². The molecule has 0 saturated carbocycles. The van der Waals surface area contributed by atoms with E-state index in [1.165, 1.54) is 5.56 Å². The molecule has 0 spiro atoms. The van der Waals surface area contributed by atoms with Gasteiger partial charge in [0.15, 0.2) is 6.10 Å². The zero-order chi connectivity index (χ0) is 18.5. The standard InChI is InChI=1S/C21H22N2O2S/c1-14-9-7-8-12-18(14)21-23-15(2)19(26-21)13-22-20(24)16(3)25-17-10-5-4-6-11-17/h4-12,16H,13H2,1-3H3,(H,22,24)/t16-/m0/s1. The van der Waals surface area contributed by atoms with Crippen LogP contribution in [-0.2, 0) is 11.3 Å². The number of ether oxygens (including phenoxy) is 1. The molecule has 0 unspecified atom stereocenters. The molecule has 1 aromatic heterocycles. The summed E-state index contributed by atoms with van der Waals surface area (Å²) in [6.45, 7) is 6.26. The van der Waals surface area contributed by atoms with Crippen molar-refractivity contribution in [3.8, 4) is 16.3 Å². The zero-order valence-corrected chi connectivity index (χ0v) is 16.0. The van der Waals surface area contributed by atoms with Crippen LogP contribution in [0.1, 0.15) is 23.1 Å². The van der Waals surface area contributed by atoms with E-state index in [9.17, 15) is 4.79 Å². The first-order chi connectivity index (χ1) is 12.5. The number of carbonyl (C=O) groups excluding carboxylic acids is 1. The van der Waals surface area contributed by atoms with Gasteiger partial charge >= 0.3 is 0 Å². The van der Waals surface area contributed by atoms with Crippen LogP contribution in [0.25, 0.3) is 10.6 Å². The molecule has 0 aliphatic carbocycles. The number of amides is 1. The molecular weight excluding hydrogens is 344 g/mol. The van der Waals surface area contributed by atoms with Gasteiger partial charge in [0.25, 0.3) is 5.91 Å². The van der Waals surface area contributed by atoms with Crippen LogP contribution in [0.3, 0.4) is 0 Å². The third-order valence-corrected chi connectivity index (χ3v) is 5.31. The van der Waals surface area contributed by atoms with Gasteiger partial charge in [-0.3, -0.25) is 4.79 Å². The van der Waals surface area contributed by atoms with Gasteiger partial charge < -0.3 is 10.1 Å². The first-order valence-electron chi connectivity index (χ1n) is 8.56. The quantitative estimate of drug-likeness (QED) is 0.698. The fraction of sp³-hybridized carbons (Fsp3) is 0.238. The summed E-state index contributed by atoms with van der Waals surface area (Å²) in [7, 11) is 0. The number of thiazole rings is 1. The van der Waals surface area contributed by atoms with Crippen LogP contribution < -0.4 is 10.1 Å². The van der Waals surface area contributed by atoms with Gasteiger partial charge in [-0.15, -0.1) is 11.3 Å². The second-order valence-corrected chi connectivity index (χ2v) is 7.22. The molecule has 3 aromatic rings. The first-order valence-corrected chi connectivity index (χ1v) is 9.38. The Morgan fingerprint density at radius 3 is 2.54 bits per heavy atom. The number of hydrogen-bond acceptors (Lipinski definition) is 4. The van der Waals surface area contributed by atoms with E-state index < -0.39 is 6.10 Å². The number of hydrogen-bond donors (Lipinski definition) is 1. The van der Waals surface area contributed by atoms with E-state index in [-0.39, 0.29) is 5.91 Å². The molecule has 1 amide bonds. The van der Waals surface area contributed by atoms with E-state index in [4.69, 9.17) is 4.74 Å². The molecule has 0 fully saturated rings. The largest absolute Gasteiger partial charge is 0.481 e. The number of aryl methyl sites for hydroxylation is 2. The minimum absolute atomic E-state index is 0.140. The number of nitrogens with one attached hydrogen (secondary N) is 1. The van der Waals surface area contributed by atoms with Crippen LogP contribution >= 0.6 is 11.3 Å². The third kappa shape index (κ3) is 4.29. The van der Waals surface area contributed by atoms with Crippen molar-refractivity contribution in [2.24, 2.45) is 0 Å². The monoisotopic (exact) mass is 366 g/mol. The highest BCUT2D eigenvalue weighted by atomic mass is 32.1. The molecule has 26 heavy (non-hydrogen) atoms. The van der Waals surface area contributed by atoms with Gasteiger partial charge in [-0.2, -0.15) is 0 Å². The maximum atomic E-state index is 12.3. The summed E-state index contributed by atoms with van der Waals surface area (Å²) in [5, 5.41) is 3.93. The Hall–Kier alpha value is -2.66. The topological polar surface area (TPSA) is 51.2 Å². The summed E-state index contributed by atoms with van der Waals surface area (Å²) in [6.07, 6.45) is -0.554. The van der Waals surface area contributed by atoms with Crippen molar-refractivity contribution in [3.05, 3.63) is 70.7 Å². The number of nitrogens with zero attached hydrogens (tertiary/aromatic N) is 1. The van der Waals surface area contributed by atoms with Crippen LogP contribution in [0, 0.1) is 13.8 Å². The maximum Gasteiger partial charge on any atom is 0.261 e. The molecule has 1 atom stereocenters. The fourth-order valence-electron chi connectivity index (χ4n) is 2.59. The van der Waals surface area contributed by atoms with Crippen LogP contribution in [0.5, 0.6) is 5.75 Å². The molecule has 2 aromatic carbocycles. The van der Waals surface area contributed by atoms with E-state index in [0.29, 0.717) is 12.3 Å². The second-order valence-electron chi connectivity index (χ2n) is 6.13. The predicted molar refractivity (Wildman–Crippen MR) is 105 cm³/mol. The SMILES string of the molecule is Cc1ccccc1-c1nc(C)c(CNC(=O)[C@H](C)Oc2ccccc2)s1. The van der Waals surface area contributed by atoms with Gasteiger partial charge in [-0.05, 0) is 38.5 Å². The Morgan fingerprint density at radius 1 is 1.12 bits per heavy atom. The van der Waals surface area contributed by atoms with Gasteiger partial charge in [0.2, 0.25) is 0 Å². The molecule has 0 bridgehead atoms. The van der Waals surface area contributed by atoms with Gasteiger partial charge in [-0.1, -0.05) is 42.5 Å². The average Bonchev–Trinajstić information content (AvgIpc) is 3.01. The van der Waals surface area contributed by atoms with Crippen LogP contribution in [0.15, 0.2) is 54.6 Å². The predicted octanol–water partition coefficient (Wildman–Crippen LogP) is 4.51. The Bertz CT molecular complexity index is 890. The summed E-state index contributed by atoms with van der Waals surface area (Å²) in [4.78, 5) is 18.0. The molecule has 5 heteroatoms. The van der Waals surface area contributed by atoms with Crippen molar-refractivity contribution in [3.63, 3.8) is 0 Å². The average molecular weight is 366 g/mol. The lowest BCUT2D eigenvalue weighted by atomic mass is 10.1. The molecule has 0 saturated heterocycles. The first kappa shape index (κ1) is 18.1. The summed E-state index contributed by atoms with van der Waals surface area (Å²) < 4.78 is 5.66. The van der Waals surface area contributed by atoms with Gasteiger partial charge in [0, 0.05) is 10.4 Å². The molecule has 1 N–H and O–H groups in total. The van der Waals surface area contributed by atoms with Crippen LogP contribution in [0.2, 0.25) is 0 Å². The number of benzene rings is 2. The number of carbonyl (C=O) groups is 1. The number of para-hydroxylation sites is 1. The van der Waals surface area contributed by atoms with Crippen LogP contribution in [-0.4, -0.2) is 17.0 Å². The van der Waals surface area contributed by atoms with Crippen LogP contribution in [0.4, 0.5) is 0 Å². The third-order valence-electron chi connectivity index (χ3n) is 4.12. The molecule has 134 valence electrons. The van der Waals surface area contributed by atoms with E-state index in [1.54, 1.807) is 18.3 Å². The Labute approximate surface area is 157 Å². The Balaban J connectivity index is 1.63. The molecule has 4 nitrogen and oxygen atoms in total. The van der Waals surface area contributed by atoms with Crippen molar-refractivity contribution in [2.45, 2.75) is 33.4 Å². The maximum absolute atomic E-state index is 12.3. The summed E-state index contributed by atoms with van der Waals surface area (Å²) in [6, 6.07) is 17.5. The van der Waals surface area contributed by atoms with Crippen molar-refractivity contribution >= 4 is 17.2 Å². The lowest BCUT2D eigenvalue weighted by Gasteiger charge is -2.14. The highest BCUT2D eigenvalue weighted by molar-refractivity contribution is 7.15. The highest BCUT2D eigenvalue weighted by Gasteiger charge is 2.16. The van der Waals surface area contributed by atoms with Crippen molar-refractivity contribution < 1.29 is 9.53 Å². The van der Waals surface area contributed by atoms with Gasteiger partial charge in [0.05, 0.1) is 12.2 Å². The van der Waals surface area contributed by atoms with Gasteiger partial charge in [-0.25, -0.2) is 4.98 Å². The molecule has 3 rings (SSSR count). The number of aromatic nitrogens is 1. The van der Waals surface area contributed by atoms with Crippen molar-refractivity contribution in [1.82, 2.24) is 10.3 Å². The molecule has 0 aliphatic heterocycles. The van der Waals surface area contributed by atoms with E-state index in [2.05, 4.69) is 29.4 Å². The lowest BCUT2D eigenvalue weighted by molar-refractivity contribution is -0.127. The van der Waals surface area contributed by atoms with E-state index in [0.717, 1.165) is 21.1 Å². The Morgan fingerprint density at radius 2 is 1.81 bits per heavy atom. The lowest BCUT2D eigenvalue weighted by Crippen LogP contribution is -2.35. The molecule has 0 aliphatic rings. The van der Waals surface area contributed by atoms with E-state index in [1.807, 2.05) is 49.4 Å². The summed E-state index contributed by atoms with van der Waals surface area (Å²) >= 11 is 1.62. The van der Waals surface area contributed by atoms with E-state index >= 15 is 0 Å². The normalized spacial score (nSPS) is 11.8. The Kier molecular flexibility index (Phi) is 5.68. The fourth-order valence-corrected chi connectivity index (χ4v) is 3.68. The number of rotatable bonds is 6. The molecule has 0 radical (unpaired) electrons. The zero-order valence-electron chi connectivity index (χ0n) is 15.2. The van der Waals surface area contributed by atoms with Crippen molar-refractivity contribution in [2.75, 3.05) is 0 Å². The summed E-state index contributed by atoms with van der Waals surface area (Å²) in [5.74, 6) is 0.546. The second kappa shape index (κ2) is 8.15. The molecule has 1 heterocycles. The minimum atomic E-state index is -0.554. The highest BCUT2D eigenvalue weighted by Crippen LogP contribution is 2.30. The smallest absolute Gasteiger partial charge is 0.261 e. The molecular formula is C21H22N2O2S. The van der Waals surface area contributed by atoms with Crippen molar-refractivity contribution in [1.29, 1.82) is 0 Å². The summed E-state index contributed by atoms with van der Waals surface area (Å²) in [5.41, 5.74) is 3.28.